The molecule has 0 bridgehead atoms. The number of aryl methyl sites for hydroxylation is 1. The minimum Gasteiger partial charge on any atom is -0.461 e. The molecule has 14 heavy (non-hydrogen) atoms. The summed E-state index contributed by atoms with van der Waals surface area (Å²) in [6.07, 6.45) is 1.60. The van der Waals surface area contributed by atoms with E-state index < -0.39 is 0 Å². The molecule has 0 aromatic carbocycles. The van der Waals surface area contributed by atoms with Crippen LogP contribution >= 0.6 is 0 Å². The zero-order valence-electron chi connectivity index (χ0n) is 9.20. The molecule has 3 nitrogen and oxygen atoms in total. The summed E-state index contributed by atoms with van der Waals surface area (Å²) >= 11 is 0. The normalized spacial score (nSPS) is 8.57. The number of carbonyl (C=O) groups excluding carboxylic acids is 1. The summed E-state index contributed by atoms with van der Waals surface area (Å²) in [5.74, 6) is -0.360. The molecule has 0 unspecified atom stereocenters. The Kier molecular flexibility index (Phi) is 6.37. The molecule has 0 saturated carbocycles. The molecule has 0 saturated heterocycles. The van der Waals surface area contributed by atoms with Crippen LogP contribution in [0.3, 0.4) is 0 Å². The van der Waals surface area contributed by atoms with E-state index in [0.29, 0.717) is 12.3 Å². The number of hydrogen-bond donors (Lipinski definition) is 0. The van der Waals surface area contributed by atoms with Crippen molar-refractivity contribution in [3.8, 4) is 0 Å². The van der Waals surface area contributed by atoms with Crippen LogP contribution in [0.15, 0.2) is 18.3 Å². The van der Waals surface area contributed by atoms with E-state index in [1.54, 1.807) is 19.2 Å². The second-order valence-corrected chi connectivity index (χ2v) is 2.44. The topological polar surface area (TPSA) is 39.2 Å². The molecule has 1 heterocycles. The third kappa shape index (κ3) is 4.03. The molecule has 0 fully saturated rings. The number of esters is 1. The fraction of sp³-hybridized carbons (Fsp3) is 0.455. The van der Waals surface area contributed by atoms with E-state index in [4.69, 9.17) is 4.74 Å². The average Bonchev–Trinajstić information content (AvgIpc) is 2.21. The Morgan fingerprint density at radius 2 is 2.14 bits per heavy atom. The van der Waals surface area contributed by atoms with Crippen LogP contribution in [-0.4, -0.2) is 17.6 Å². The monoisotopic (exact) mass is 195 g/mol. The van der Waals surface area contributed by atoms with Crippen molar-refractivity contribution in [3.63, 3.8) is 0 Å². The van der Waals surface area contributed by atoms with Gasteiger partial charge in [-0.15, -0.1) is 0 Å². The van der Waals surface area contributed by atoms with Gasteiger partial charge in [0.25, 0.3) is 0 Å². The summed E-state index contributed by atoms with van der Waals surface area (Å²) in [7, 11) is 0. The van der Waals surface area contributed by atoms with Crippen LogP contribution in [0, 0.1) is 6.92 Å². The van der Waals surface area contributed by atoms with Gasteiger partial charge in [-0.2, -0.15) is 0 Å². The van der Waals surface area contributed by atoms with Gasteiger partial charge in [0.05, 0.1) is 6.61 Å². The predicted octanol–water partition coefficient (Wildman–Crippen LogP) is 2.59. The molecule has 0 N–H and O–H groups in total. The van der Waals surface area contributed by atoms with E-state index in [1.807, 2.05) is 26.8 Å². The SMILES string of the molecule is CC.CCOC(=O)c1cc(C)ccn1. The molecule has 78 valence electrons. The quantitative estimate of drug-likeness (QED) is 0.681. The largest absolute Gasteiger partial charge is 0.461 e. The van der Waals surface area contributed by atoms with Crippen molar-refractivity contribution in [3.05, 3.63) is 29.6 Å². The number of rotatable bonds is 2. The van der Waals surface area contributed by atoms with Crippen molar-refractivity contribution in [1.82, 2.24) is 4.98 Å². The molecule has 1 aromatic rings. The van der Waals surface area contributed by atoms with Gasteiger partial charge in [0.1, 0.15) is 5.69 Å². The Bertz CT molecular complexity index is 284. The van der Waals surface area contributed by atoms with Crippen LogP contribution in [0.25, 0.3) is 0 Å². The highest BCUT2D eigenvalue weighted by Crippen LogP contribution is 2.01. The molecule has 3 heteroatoms. The number of hydrogen-bond acceptors (Lipinski definition) is 3. The Hall–Kier alpha value is -1.38. The zero-order valence-corrected chi connectivity index (χ0v) is 9.20. The Morgan fingerprint density at radius 3 is 2.64 bits per heavy atom. The van der Waals surface area contributed by atoms with E-state index >= 15 is 0 Å². The van der Waals surface area contributed by atoms with Gasteiger partial charge < -0.3 is 4.74 Å². The van der Waals surface area contributed by atoms with E-state index in [0.717, 1.165) is 5.56 Å². The Morgan fingerprint density at radius 1 is 1.50 bits per heavy atom. The average molecular weight is 195 g/mol. The third-order valence-corrected chi connectivity index (χ3v) is 1.40. The summed E-state index contributed by atoms with van der Waals surface area (Å²) in [5, 5.41) is 0. The van der Waals surface area contributed by atoms with Crippen molar-refractivity contribution in [2.75, 3.05) is 6.61 Å². The lowest BCUT2D eigenvalue weighted by Gasteiger charge is -2.00. The molecule has 0 atom stereocenters. The van der Waals surface area contributed by atoms with Gasteiger partial charge in [-0.25, -0.2) is 9.78 Å². The van der Waals surface area contributed by atoms with E-state index in [1.165, 1.54) is 0 Å². The number of ether oxygens (including phenoxy) is 1. The van der Waals surface area contributed by atoms with Crippen molar-refractivity contribution < 1.29 is 9.53 Å². The van der Waals surface area contributed by atoms with Gasteiger partial charge in [-0.3, -0.25) is 0 Å². The number of pyridine rings is 1. The van der Waals surface area contributed by atoms with Crippen molar-refractivity contribution >= 4 is 5.97 Å². The standard InChI is InChI=1S/C9H11NO2.C2H6/c1-3-12-9(11)8-6-7(2)4-5-10-8;1-2/h4-6H,3H2,1-2H3;1-2H3. The molecule has 0 aliphatic rings. The van der Waals surface area contributed by atoms with Crippen LogP contribution in [0.1, 0.15) is 36.8 Å². The van der Waals surface area contributed by atoms with Gasteiger partial charge in [0.2, 0.25) is 0 Å². The highest BCUT2D eigenvalue weighted by molar-refractivity contribution is 5.87. The maximum absolute atomic E-state index is 11.1. The number of aromatic nitrogens is 1. The summed E-state index contributed by atoms with van der Waals surface area (Å²) in [5.41, 5.74) is 1.38. The molecule has 0 aliphatic carbocycles. The molecule has 0 spiro atoms. The van der Waals surface area contributed by atoms with E-state index in [9.17, 15) is 4.79 Å². The van der Waals surface area contributed by atoms with Crippen LogP contribution in [0.2, 0.25) is 0 Å². The predicted molar refractivity (Wildman–Crippen MR) is 56.3 cm³/mol. The van der Waals surface area contributed by atoms with Gasteiger partial charge in [-0.05, 0) is 31.5 Å². The van der Waals surface area contributed by atoms with Crippen LogP contribution in [-0.2, 0) is 4.74 Å². The molecular formula is C11H17NO2. The number of carbonyl (C=O) groups is 1. The second kappa shape index (κ2) is 7.06. The molecule has 1 rings (SSSR count). The molecule has 0 amide bonds. The van der Waals surface area contributed by atoms with E-state index in [2.05, 4.69) is 4.98 Å². The van der Waals surface area contributed by atoms with Gasteiger partial charge >= 0.3 is 5.97 Å². The first-order valence-corrected chi connectivity index (χ1v) is 4.84. The van der Waals surface area contributed by atoms with Gasteiger partial charge in [0, 0.05) is 6.20 Å². The Labute approximate surface area is 85.1 Å². The lowest BCUT2D eigenvalue weighted by molar-refractivity contribution is 0.0519. The first kappa shape index (κ1) is 12.6. The summed E-state index contributed by atoms with van der Waals surface area (Å²) in [4.78, 5) is 15.0. The maximum atomic E-state index is 11.1. The molecule has 0 aliphatic heterocycles. The minimum atomic E-state index is -0.360. The van der Waals surface area contributed by atoms with Crippen LogP contribution < -0.4 is 0 Å². The highest BCUT2D eigenvalue weighted by atomic mass is 16.5. The highest BCUT2D eigenvalue weighted by Gasteiger charge is 2.06. The summed E-state index contributed by atoms with van der Waals surface area (Å²) in [6, 6.07) is 3.54. The molecule has 1 aromatic heterocycles. The number of nitrogens with zero attached hydrogens (tertiary/aromatic N) is 1. The van der Waals surface area contributed by atoms with Crippen LogP contribution in [0.4, 0.5) is 0 Å². The van der Waals surface area contributed by atoms with E-state index in [-0.39, 0.29) is 5.97 Å². The minimum absolute atomic E-state index is 0.360. The molecular weight excluding hydrogens is 178 g/mol. The lowest BCUT2D eigenvalue weighted by Crippen LogP contribution is -2.06. The fourth-order valence-corrected chi connectivity index (χ4v) is 0.853. The lowest BCUT2D eigenvalue weighted by atomic mass is 10.2. The van der Waals surface area contributed by atoms with Crippen LogP contribution in [0.5, 0.6) is 0 Å². The first-order valence-electron chi connectivity index (χ1n) is 4.84. The third-order valence-electron chi connectivity index (χ3n) is 1.40. The van der Waals surface area contributed by atoms with Crippen molar-refractivity contribution in [2.24, 2.45) is 0 Å². The second-order valence-electron chi connectivity index (χ2n) is 2.44. The summed E-state index contributed by atoms with van der Waals surface area (Å²) < 4.78 is 4.78. The fourth-order valence-electron chi connectivity index (χ4n) is 0.853. The maximum Gasteiger partial charge on any atom is 0.356 e. The van der Waals surface area contributed by atoms with Gasteiger partial charge in [-0.1, -0.05) is 13.8 Å². The molecule has 0 radical (unpaired) electrons. The zero-order chi connectivity index (χ0) is 11.0. The van der Waals surface area contributed by atoms with Crippen molar-refractivity contribution in [2.45, 2.75) is 27.7 Å². The van der Waals surface area contributed by atoms with Crippen molar-refractivity contribution in [1.29, 1.82) is 0 Å². The first-order chi connectivity index (χ1) is 6.74. The smallest absolute Gasteiger partial charge is 0.356 e. The summed E-state index contributed by atoms with van der Waals surface area (Å²) in [6.45, 7) is 8.06. The van der Waals surface area contributed by atoms with Gasteiger partial charge in [0.15, 0.2) is 0 Å². The Balaban J connectivity index is 0.000000791.